The fourth-order valence-corrected chi connectivity index (χ4v) is 2.86. The summed E-state index contributed by atoms with van der Waals surface area (Å²) in [4.78, 5) is 25.6. The van der Waals surface area contributed by atoms with Crippen molar-refractivity contribution in [2.24, 2.45) is 11.0 Å². The van der Waals surface area contributed by atoms with Crippen molar-refractivity contribution in [1.29, 1.82) is 0 Å². The smallest absolute Gasteiger partial charge is 0.308 e. The number of amides is 1. The molecule has 6 heteroatoms. The lowest BCUT2D eigenvalue weighted by Crippen LogP contribution is -2.38. The molecule has 2 aliphatic rings. The summed E-state index contributed by atoms with van der Waals surface area (Å²) >= 11 is 0. The van der Waals surface area contributed by atoms with Gasteiger partial charge >= 0.3 is 5.97 Å². The van der Waals surface area contributed by atoms with E-state index in [1.165, 1.54) is 0 Å². The number of carboxylic acids is 1. The second-order valence-corrected chi connectivity index (χ2v) is 6.68. The number of carboxylic acid groups (broad SMARTS) is 1. The van der Waals surface area contributed by atoms with Crippen molar-refractivity contribution in [3.05, 3.63) is 29.8 Å². The molecule has 1 saturated carbocycles. The summed E-state index contributed by atoms with van der Waals surface area (Å²) in [6.07, 6.45) is 2.87. The van der Waals surface area contributed by atoms with Crippen LogP contribution in [0.4, 0.5) is 5.69 Å². The molecule has 0 bridgehead atoms. The maximum Gasteiger partial charge on any atom is 0.308 e. The minimum absolute atomic E-state index is 0.0850. The minimum Gasteiger partial charge on any atom is -0.481 e. The van der Waals surface area contributed by atoms with Crippen molar-refractivity contribution in [2.75, 3.05) is 18.1 Å². The first-order valence-electron chi connectivity index (χ1n) is 8.41. The van der Waals surface area contributed by atoms with Gasteiger partial charge in [0.05, 0.1) is 11.6 Å². The molecule has 0 spiro atoms. The van der Waals surface area contributed by atoms with Gasteiger partial charge in [0.1, 0.15) is 0 Å². The third kappa shape index (κ3) is 3.58. The Labute approximate surface area is 141 Å². The Morgan fingerprint density at radius 2 is 2.00 bits per heavy atom. The van der Waals surface area contributed by atoms with Gasteiger partial charge in [0.25, 0.3) is 5.91 Å². The van der Waals surface area contributed by atoms with Crippen LogP contribution in [0, 0.1) is 5.92 Å². The number of hydrogen-bond acceptors (Lipinski definition) is 4. The molecule has 0 saturated heterocycles. The summed E-state index contributed by atoms with van der Waals surface area (Å²) in [7, 11) is 0. The van der Waals surface area contributed by atoms with E-state index in [-0.39, 0.29) is 18.5 Å². The Morgan fingerprint density at radius 3 is 2.50 bits per heavy atom. The zero-order valence-corrected chi connectivity index (χ0v) is 14.1. The molecule has 0 aromatic heterocycles. The molecule has 1 aliphatic carbocycles. The second kappa shape index (κ2) is 6.63. The van der Waals surface area contributed by atoms with Crippen LogP contribution in [0.15, 0.2) is 29.4 Å². The van der Waals surface area contributed by atoms with Crippen molar-refractivity contribution in [2.45, 2.75) is 39.2 Å². The Hall–Kier alpha value is -2.37. The van der Waals surface area contributed by atoms with Crippen molar-refractivity contribution in [3.63, 3.8) is 0 Å². The van der Waals surface area contributed by atoms with Gasteiger partial charge in [-0.1, -0.05) is 6.92 Å². The average Bonchev–Trinajstić information content (AvgIpc) is 3.32. The van der Waals surface area contributed by atoms with E-state index in [1.807, 2.05) is 36.2 Å². The SMILES string of the molecule is CC1=NN(c2ccc(C(=O)N(CC(C)C(=O)O)C3CC3)cc2)CC1. The van der Waals surface area contributed by atoms with Crippen molar-refractivity contribution in [3.8, 4) is 0 Å². The maximum absolute atomic E-state index is 12.8. The summed E-state index contributed by atoms with van der Waals surface area (Å²) in [6.45, 7) is 4.77. The predicted octanol–water partition coefficient (Wildman–Crippen LogP) is 2.60. The lowest BCUT2D eigenvalue weighted by molar-refractivity contribution is -0.141. The molecule has 1 heterocycles. The van der Waals surface area contributed by atoms with E-state index in [9.17, 15) is 9.59 Å². The van der Waals surface area contributed by atoms with Crippen LogP contribution in [0.2, 0.25) is 0 Å². The van der Waals surface area contributed by atoms with E-state index < -0.39 is 11.9 Å². The molecule has 1 amide bonds. The van der Waals surface area contributed by atoms with Crippen LogP contribution >= 0.6 is 0 Å². The molecule has 1 aromatic carbocycles. The largest absolute Gasteiger partial charge is 0.481 e. The minimum atomic E-state index is -0.869. The molecule has 1 atom stereocenters. The first-order valence-corrected chi connectivity index (χ1v) is 8.41. The normalized spacial score (nSPS) is 18.2. The predicted molar refractivity (Wildman–Crippen MR) is 92.4 cm³/mol. The standard InChI is InChI=1S/C18H23N3O3/c1-12(18(23)24)11-20(15-7-8-15)17(22)14-3-5-16(6-4-14)21-10-9-13(2)19-21/h3-6,12,15H,7-11H2,1-2H3,(H,23,24). The molecule has 1 N–H and O–H groups in total. The molecule has 3 rings (SSSR count). The van der Waals surface area contributed by atoms with Crippen molar-refractivity contribution in [1.82, 2.24) is 4.90 Å². The van der Waals surface area contributed by atoms with Gasteiger partial charge in [-0.3, -0.25) is 14.6 Å². The highest BCUT2D eigenvalue weighted by molar-refractivity contribution is 5.95. The van der Waals surface area contributed by atoms with Crippen LogP contribution in [-0.2, 0) is 4.79 Å². The van der Waals surface area contributed by atoms with Gasteiger partial charge in [0.2, 0.25) is 0 Å². The van der Waals surface area contributed by atoms with Gasteiger partial charge in [-0.05, 0) is 44.0 Å². The van der Waals surface area contributed by atoms with E-state index in [2.05, 4.69) is 5.10 Å². The Balaban J connectivity index is 1.72. The summed E-state index contributed by atoms with van der Waals surface area (Å²) in [5.41, 5.74) is 2.68. The number of carbonyl (C=O) groups is 2. The molecular weight excluding hydrogens is 306 g/mol. The van der Waals surface area contributed by atoms with Gasteiger partial charge in [-0.2, -0.15) is 5.10 Å². The fourth-order valence-electron chi connectivity index (χ4n) is 2.86. The second-order valence-electron chi connectivity index (χ2n) is 6.68. The number of anilines is 1. The highest BCUT2D eigenvalue weighted by atomic mass is 16.4. The summed E-state index contributed by atoms with van der Waals surface area (Å²) in [5, 5.41) is 15.5. The average molecular weight is 329 g/mol. The third-order valence-electron chi connectivity index (χ3n) is 4.53. The van der Waals surface area contributed by atoms with Crippen LogP contribution in [0.3, 0.4) is 0 Å². The van der Waals surface area contributed by atoms with E-state index in [1.54, 1.807) is 11.8 Å². The molecule has 0 radical (unpaired) electrons. The number of aliphatic carboxylic acids is 1. The molecule has 6 nitrogen and oxygen atoms in total. The molecule has 24 heavy (non-hydrogen) atoms. The summed E-state index contributed by atoms with van der Waals surface area (Å²) in [6, 6.07) is 7.61. The van der Waals surface area contributed by atoms with Gasteiger partial charge in [0, 0.05) is 36.8 Å². The Morgan fingerprint density at radius 1 is 1.33 bits per heavy atom. The number of nitrogens with zero attached hydrogens (tertiary/aromatic N) is 3. The quantitative estimate of drug-likeness (QED) is 0.870. The summed E-state index contributed by atoms with van der Waals surface area (Å²) < 4.78 is 0. The van der Waals surface area contributed by atoms with Crippen LogP contribution in [-0.4, -0.2) is 46.7 Å². The van der Waals surface area contributed by atoms with E-state index in [4.69, 9.17) is 5.11 Å². The third-order valence-corrected chi connectivity index (χ3v) is 4.53. The van der Waals surface area contributed by atoms with E-state index in [0.29, 0.717) is 5.56 Å². The van der Waals surface area contributed by atoms with Gasteiger partial charge in [-0.15, -0.1) is 0 Å². The monoisotopic (exact) mass is 329 g/mol. The summed E-state index contributed by atoms with van der Waals surface area (Å²) in [5.74, 6) is -1.51. The first kappa shape index (κ1) is 16.5. The molecule has 1 aliphatic heterocycles. The van der Waals surface area contributed by atoms with Crippen molar-refractivity contribution < 1.29 is 14.7 Å². The Bertz CT molecular complexity index is 665. The van der Waals surface area contributed by atoms with Gasteiger partial charge in [-0.25, -0.2) is 0 Å². The van der Waals surface area contributed by atoms with Crippen LogP contribution in [0.25, 0.3) is 0 Å². The zero-order valence-electron chi connectivity index (χ0n) is 14.1. The van der Waals surface area contributed by atoms with Gasteiger partial charge < -0.3 is 10.0 Å². The zero-order chi connectivity index (χ0) is 17.3. The van der Waals surface area contributed by atoms with Crippen LogP contribution in [0.5, 0.6) is 0 Å². The molecule has 1 aromatic rings. The maximum atomic E-state index is 12.8. The lowest BCUT2D eigenvalue weighted by atomic mass is 10.1. The molecular formula is C18H23N3O3. The highest BCUT2D eigenvalue weighted by Gasteiger charge is 2.34. The molecule has 128 valence electrons. The van der Waals surface area contributed by atoms with E-state index in [0.717, 1.165) is 37.2 Å². The lowest BCUT2D eigenvalue weighted by Gasteiger charge is -2.24. The topological polar surface area (TPSA) is 73.2 Å². The molecule has 1 fully saturated rings. The number of hydrogen-bond donors (Lipinski definition) is 1. The van der Waals surface area contributed by atoms with E-state index >= 15 is 0 Å². The fraction of sp³-hybridized carbons (Fsp3) is 0.500. The van der Waals surface area contributed by atoms with Crippen molar-refractivity contribution >= 4 is 23.3 Å². The van der Waals surface area contributed by atoms with Gasteiger partial charge in [0.15, 0.2) is 0 Å². The number of rotatable bonds is 6. The molecule has 1 unspecified atom stereocenters. The van der Waals surface area contributed by atoms with Crippen LogP contribution < -0.4 is 5.01 Å². The first-order chi connectivity index (χ1) is 11.5. The number of hydrazone groups is 1. The van der Waals surface area contributed by atoms with Crippen LogP contribution in [0.1, 0.15) is 43.5 Å². The number of carbonyl (C=O) groups excluding carboxylic acids is 1. The Kier molecular flexibility index (Phi) is 4.55. The highest BCUT2D eigenvalue weighted by Crippen LogP contribution is 2.29. The number of benzene rings is 1.